The molecule has 0 unspecified atom stereocenters. The second-order valence-corrected chi connectivity index (χ2v) is 5.18. The predicted octanol–water partition coefficient (Wildman–Crippen LogP) is 3.34. The molecule has 2 rings (SSSR count). The first-order chi connectivity index (χ1) is 8.52. The summed E-state index contributed by atoms with van der Waals surface area (Å²) in [7, 11) is 3.69. The maximum Gasteiger partial charge on any atom is 0.138 e. The zero-order chi connectivity index (χ0) is 13.3. The van der Waals surface area contributed by atoms with Crippen molar-refractivity contribution in [2.24, 2.45) is 7.05 Å². The van der Waals surface area contributed by atoms with E-state index in [0.29, 0.717) is 11.1 Å². The average Bonchev–Trinajstić information content (AvgIpc) is 2.63. The molecule has 0 saturated heterocycles. The van der Waals surface area contributed by atoms with Gasteiger partial charge in [-0.1, -0.05) is 25.4 Å². The molecule has 1 N–H and O–H groups in total. The number of hydrogen-bond acceptors (Lipinski definition) is 2. The van der Waals surface area contributed by atoms with Crippen LogP contribution in [0.4, 0.5) is 0 Å². The summed E-state index contributed by atoms with van der Waals surface area (Å²) < 4.78 is 7.41. The molecule has 0 atom stereocenters. The third-order valence-electron chi connectivity index (χ3n) is 3.11. The second kappa shape index (κ2) is 5.21. The summed E-state index contributed by atoms with van der Waals surface area (Å²) in [5, 5.41) is 5.22. The molecule has 0 fully saturated rings. The van der Waals surface area contributed by atoms with Crippen LogP contribution in [0.3, 0.4) is 0 Å². The number of aromatic nitrogens is 1. The first kappa shape index (κ1) is 13.2. The Kier molecular flexibility index (Phi) is 3.83. The quantitative estimate of drug-likeness (QED) is 0.919. The molecule has 0 amide bonds. The zero-order valence-corrected chi connectivity index (χ0v) is 12.0. The number of nitrogens with one attached hydrogen (secondary N) is 1. The summed E-state index contributed by atoms with van der Waals surface area (Å²) >= 11 is 6.16. The molecule has 4 heteroatoms. The van der Waals surface area contributed by atoms with Gasteiger partial charge in [-0.2, -0.15) is 0 Å². The highest BCUT2D eigenvalue weighted by Gasteiger charge is 2.10. The second-order valence-electron chi connectivity index (χ2n) is 4.78. The molecule has 1 aromatic heterocycles. The van der Waals surface area contributed by atoms with Crippen LogP contribution in [0.5, 0.6) is 5.75 Å². The van der Waals surface area contributed by atoms with Crippen LogP contribution in [0.2, 0.25) is 5.02 Å². The summed E-state index contributed by atoms with van der Waals surface area (Å²) in [6.07, 6.45) is 0. The number of benzene rings is 1. The van der Waals surface area contributed by atoms with Crippen molar-refractivity contribution in [2.75, 3.05) is 7.11 Å². The van der Waals surface area contributed by atoms with E-state index in [1.54, 1.807) is 7.11 Å². The lowest BCUT2D eigenvalue weighted by Crippen LogP contribution is -2.22. The van der Waals surface area contributed by atoms with Gasteiger partial charge in [0.1, 0.15) is 5.75 Å². The molecular formula is C14H19ClN2O. The minimum Gasteiger partial charge on any atom is -0.495 e. The van der Waals surface area contributed by atoms with E-state index in [2.05, 4.69) is 36.8 Å². The van der Waals surface area contributed by atoms with Crippen LogP contribution in [0.1, 0.15) is 19.5 Å². The highest BCUT2D eigenvalue weighted by atomic mass is 35.5. The molecule has 1 heterocycles. The topological polar surface area (TPSA) is 26.2 Å². The maximum absolute atomic E-state index is 6.16. The largest absolute Gasteiger partial charge is 0.495 e. The fourth-order valence-electron chi connectivity index (χ4n) is 2.03. The number of rotatable bonds is 4. The van der Waals surface area contributed by atoms with Crippen LogP contribution in [0.25, 0.3) is 10.9 Å². The van der Waals surface area contributed by atoms with Crippen LogP contribution in [0, 0.1) is 0 Å². The molecule has 2 aromatic rings. The molecule has 0 spiro atoms. The summed E-state index contributed by atoms with van der Waals surface area (Å²) in [5.41, 5.74) is 2.37. The van der Waals surface area contributed by atoms with E-state index in [0.717, 1.165) is 23.2 Å². The van der Waals surface area contributed by atoms with E-state index < -0.39 is 0 Å². The van der Waals surface area contributed by atoms with Crippen LogP contribution >= 0.6 is 11.6 Å². The van der Waals surface area contributed by atoms with Crippen molar-refractivity contribution < 1.29 is 4.74 Å². The molecule has 18 heavy (non-hydrogen) atoms. The Labute approximate surface area is 113 Å². The minimum absolute atomic E-state index is 0.473. The molecule has 0 saturated carbocycles. The van der Waals surface area contributed by atoms with E-state index in [-0.39, 0.29) is 0 Å². The Morgan fingerprint density at radius 1 is 1.33 bits per heavy atom. The van der Waals surface area contributed by atoms with Crippen molar-refractivity contribution >= 4 is 22.5 Å². The molecule has 0 aliphatic heterocycles. The van der Waals surface area contributed by atoms with E-state index in [4.69, 9.17) is 16.3 Å². The maximum atomic E-state index is 6.16. The Morgan fingerprint density at radius 3 is 2.67 bits per heavy atom. The third-order valence-corrected chi connectivity index (χ3v) is 3.40. The molecule has 1 aromatic carbocycles. The van der Waals surface area contributed by atoms with Gasteiger partial charge in [-0.05, 0) is 18.2 Å². The molecule has 0 radical (unpaired) electrons. The van der Waals surface area contributed by atoms with E-state index in [1.165, 1.54) is 5.69 Å². The van der Waals surface area contributed by atoms with Crippen LogP contribution < -0.4 is 10.1 Å². The van der Waals surface area contributed by atoms with Gasteiger partial charge in [-0.25, -0.2) is 0 Å². The monoisotopic (exact) mass is 266 g/mol. The van der Waals surface area contributed by atoms with Gasteiger partial charge in [-0.3, -0.25) is 0 Å². The van der Waals surface area contributed by atoms with Crippen molar-refractivity contribution in [1.29, 1.82) is 0 Å². The minimum atomic E-state index is 0.473. The Bertz CT molecular complexity index is 560. The lowest BCUT2D eigenvalue weighted by Gasteiger charge is -2.09. The Morgan fingerprint density at radius 2 is 2.06 bits per heavy atom. The fraction of sp³-hybridized carbons (Fsp3) is 0.429. The third kappa shape index (κ3) is 2.47. The van der Waals surface area contributed by atoms with Crippen LogP contribution in [-0.2, 0) is 13.6 Å². The predicted molar refractivity (Wildman–Crippen MR) is 76.5 cm³/mol. The van der Waals surface area contributed by atoms with Gasteiger partial charge < -0.3 is 14.6 Å². The lowest BCUT2D eigenvalue weighted by atomic mass is 10.2. The summed E-state index contributed by atoms with van der Waals surface area (Å²) in [6.45, 7) is 5.13. The summed E-state index contributed by atoms with van der Waals surface area (Å²) in [5.74, 6) is 0.720. The standard InChI is InChI=1S/C14H19ClN2O/c1-9(2)16-8-11-5-10-6-14(18-4)12(15)7-13(10)17(11)3/h5-7,9,16H,8H2,1-4H3. The number of methoxy groups -OCH3 is 1. The van der Waals surface area contributed by atoms with Crippen LogP contribution in [0.15, 0.2) is 18.2 Å². The van der Waals surface area contributed by atoms with E-state index in [1.807, 2.05) is 12.1 Å². The van der Waals surface area contributed by atoms with Crippen molar-refractivity contribution in [2.45, 2.75) is 26.4 Å². The van der Waals surface area contributed by atoms with Crippen molar-refractivity contribution in [3.05, 3.63) is 28.9 Å². The zero-order valence-electron chi connectivity index (χ0n) is 11.2. The first-order valence-corrected chi connectivity index (χ1v) is 6.46. The summed E-state index contributed by atoms with van der Waals surface area (Å²) in [4.78, 5) is 0. The molecule has 98 valence electrons. The lowest BCUT2D eigenvalue weighted by molar-refractivity contribution is 0.415. The van der Waals surface area contributed by atoms with Gasteiger partial charge >= 0.3 is 0 Å². The van der Waals surface area contributed by atoms with Gasteiger partial charge in [0.15, 0.2) is 0 Å². The number of halogens is 1. The van der Waals surface area contributed by atoms with Crippen molar-refractivity contribution in [3.8, 4) is 5.75 Å². The number of nitrogens with zero attached hydrogens (tertiary/aromatic N) is 1. The molecular weight excluding hydrogens is 248 g/mol. The van der Waals surface area contributed by atoms with Crippen molar-refractivity contribution in [3.63, 3.8) is 0 Å². The first-order valence-electron chi connectivity index (χ1n) is 6.08. The molecule has 0 aliphatic carbocycles. The smallest absolute Gasteiger partial charge is 0.138 e. The molecule has 3 nitrogen and oxygen atoms in total. The summed E-state index contributed by atoms with van der Waals surface area (Å²) in [6, 6.07) is 6.58. The van der Waals surface area contributed by atoms with Gasteiger partial charge in [-0.15, -0.1) is 0 Å². The average molecular weight is 267 g/mol. The SMILES string of the molecule is COc1cc2cc(CNC(C)C)n(C)c2cc1Cl. The van der Waals surface area contributed by atoms with Crippen LogP contribution in [-0.4, -0.2) is 17.7 Å². The van der Waals surface area contributed by atoms with Crippen molar-refractivity contribution in [1.82, 2.24) is 9.88 Å². The van der Waals surface area contributed by atoms with E-state index in [9.17, 15) is 0 Å². The number of ether oxygens (including phenoxy) is 1. The molecule has 0 bridgehead atoms. The van der Waals surface area contributed by atoms with Gasteiger partial charge in [0.2, 0.25) is 0 Å². The number of hydrogen-bond donors (Lipinski definition) is 1. The molecule has 0 aliphatic rings. The normalized spacial score (nSPS) is 11.4. The van der Waals surface area contributed by atoms with Gasteiger partial charge in [0.25, 0.3) is 0 Å². The van der Waals surface area contributed by atoms with Gasteiger partial charge in [0.05, 0.1) is 12.1 Å². The number of aryl methyl sites for hydroxylation is 1. The van der Waals surface area contributed by atoms with Gasteiger partial charge in [0, 0.05) is 36.2 Å². The number of fused-ring (bicyclic) bond motifs is 1. The Hall–Kier alpha value is -1.19. The fourth-order valence-corrected chi connectivity index (χ4v) is 2.27. The van der Waals surface area contributed by atoms with E-state index >= 15 is 0 Å². The highest BCUT2D eigenvalue weighted by molar-refractivity contribution is 6.32. The highest BCUT2D eigenvalue weighted by Crippen LogP contribution is 2.31. The Balaban J connectivity index is 2.42.